The Morgan fingerprint density at radius 3 is 2.68 bits per heavy atom. The molecular formula is C14H19NO4. The Balaban J connectivity index is 2.10. The van der Waals surface area contributed by atoms with Gasteiger partial charge in [-0.15, -0.1) is 0 Å². The summed E-state index contributed by atoms with van der Waals surface area (Å²) in [5.74, 6) is -0.404. The van der Waals surface area contributed by atoms with E-state index >= 15 is 0 Å². The Morgan fingerprint density at radius 2 is 2.05 bits per heavy atom. The van der Waals surface area contributed by atoms with Gasteiger partial charge in [0.05, 0.1) is 6.10 Å². The van der Waals surface area contributed by atoms with Gasteiger partial charge in [-0.3, -0.25) is 4.79 Å². The third kappa shape index (κ3) is 3.38. The maximum atomic E-state index is 12.3. The van der Waals surface area contributed by atoms with E-state index < -0.39 is 0 Å². The predicted octanol–water partition coefficient (Wildman–Crippen LogP) is 1.74. The van der Waals surface area contributed by atoms with Crippen molar-refractivity contribution in [2.24, 2.45) is 0 Å². The minimum atomic E-state index is -0.185. The summed E-state index contributed by atoms with van der Waals surface area (Å²) < 4.78 is 5.55. The molecule has 1 aromatic carbocycles. The van der Waals surface area contributed by atoms with Crippen LogP contribution >= 0.6 is 0 Å². The summed E-state index contributed by atoms with van der Waals surface area (Å²) in [6.07, 6.45) is 1.94. The number of ether oxygens (including phenoxy) is 1. The summed E-state index contributed by atoms with van der Waals surface area (Å²) in [7, 11) is 0. The average Bonchev–Trinajstić information content (AvgIpc) is 2.37. The summed E-state index contributed by atoms with van der Waals surface area (Å²) in [5, 5.41) is 18.8. The zero-order valence-electron chi connectivity index (χ0n) is 11.0. The number of benzene rings is 1. The lowest BCUT2D eigenvalue weighted by atomic mass is 10.1. The number of carbonyl (C=O) groups is 1. The smallest absolute Gasteiger partial charge is 0.254 e. The molecule has 1 aliphatic rings. The quantitative estimate of drug-likeness (QED) is 0.873. The molecule has 1 atom stereocenters. The number of phenols is 2. The van der Waals surface area contributed by atoms with Gasteiger partial charge in [-0.2, -0.15) is 0 Å². The number of nitrogens with zero attached hydrogens (tertiary/aromatic N) is 1. The lowest BCUT2D eigenvalue weighted by molar-refractivity contribution is 0.00722. The molecule has 104 valence electrons. The van der Waals surface area contributed by atoms with E-state index in [0.29, 0.717) is 25.3 Å². The van der Waals surface area contributed by atoms with E-state index in [1.54, 1.807) is 4.90 Å². The Bertz CT molecular complexity index is 439. The van der Waals surface area contributed by atoms with Crippen LogP contribution in [-0.2, 0) is 4.74 Å². The van der Waals surface area contributed by atoms with Crippen LogP contribution in [0.4, 0.5) is 0 Å². The lowest BCUT2D eigenvalue weighted by Gasteiger charge is -2.32. The second kappa shape index (κ2) is 5.93. The molecule has 5 nitrogen and oxygen atoms in total. The molecule has 5 heteroatoms. The highest BCUT2D eigenvalue weighted by molar-refractivity contribution is 5.95. The molecule has 1 amide bonds. The van der Waals surface area contributed by atoms with E-state index in [4.69, 9.17) is 4.74 Å². The number of piperidine rings is 1. The van der Waals surface area contributed by atoms with Gasteiger partial charge in [0.15, 0.2) is 0 Å². The Labute approximate surface area is 112 Å². The Morgan fingerprint density at radius 1 is 1.37 bits per heavy atom. The van der Waals surface area contributed by atoms with Crippen molar-refractivity contribution in [3.8, 4) is 11.5 Å². The first-order valence-electron chi connectivity index (χ1n) is 6.54. The fourth-order valence-corrected chi connectivity index (χ4v) is 2.40. The van der Waals surface area contributed by atoms with E-state index in [0.717, 1.165) is 12.8 Å². The highest BCUT2D eigenvalue weighted by Crippen LogP contribution is 2.23. The first-order chi connectivity index (χ1) is 9.10. The fraction of sp³-hybridized carbons (Fsp3) is 0.500. The van der Waals surface area contributed by atoms with Gasteiger partial charge in [0.25, 0.3) is 5.91 Å². The van der Waals surface area contributed by atoms with E-state index in [9.17, 15) is 15.0 Å². The van der Waals surface area contributed by atoms with E-state index in [-0.39, 0.29) is 23.5 Å². The largest absolute Gasteiger partial charge is 0.508 e. The normalized spacial score (nSPS) is 19.4. The zero-order chi connectivity index (χ0) is 13.8. The maximum absolute atomic E-state index is 12.3. The number of hydrogen-bond donors (Lipinski definition) is 2. The van der Waals surface area contributed by atoms with Crippen LogP contribution in [0.2, 0.25) is 0 Å². The molecule has 2 rings (SSSR count). The Hall–Kier alpha value is -1.75. The van der Waals surface area contributed by atoms with E-state index in [2.05, 4.69) is 0 Å². The molecule has 2 N–H and O–H groups in total. The van der Waals surface area contributed by atoms with Crippen molar-refractivity contribution >= 4 is 5.91 Å². The number of carbonyl (C=O) groups excluding carboxylic acids is 1. The topological polar surface area (TPSA) is 70.0 Å². The van der Waals surface area contributed by atoms with Gasteiger partial charge >= 0.3 is 0 Å². The summed E-state index contributed by atoms with van der Waals surface area (Å²) in [5.41, 5.74) is 0.301. The van der Waals surface area contributed by atoms with Crippen LogP contribution in [0.3, 0.4) is 0 Å². The van der Waals surface area contributed by atoms with Gasteiger partial charge < -0.3 is 19.8 Å². The first kappa shape index (κ1) is 13.7. The van der Waals surface area contributed by atoms with Crippen LogP contribution in [0.15, 0.2) is 18.2 Å². The number of aromatic hydroxyl groups is 2. The molecule has 0 aliphatic carbocycles. The van der Waals surface area contributed by atoms with Crippen molar-refractivity contribution in [2.75, 3.05) is 19.7 Å². The molecule has 1 saturated heterocycles. The molecule has 0 radical (unpaired) electrons. The minimum Gasteiger partial charge on any atom is -0.508 e. The van der Waals surface area contributed by atoms with Gasteiger partial charge in [0, 0.05) is 31.3 Å². The minimum absolute atomic E-state index is 0.0774. The zero-order valence-corrected chi connectivity index (χ0v) is 11.0. The summed E-state index contributed by atoms with van der Waals surface area (Å²) in [6.45, 7) is 3.82. The molecule has 0 bridgehead atoms. The van der Waals surface area contributed by atoms with Crippen molar-refractivity contribution in [2.45, 2.75) is 25.9 Å². The SMILES string of the molecule is CCOC1CCCN(C(=O)c2cc(O)cc(O)c2)C1. The van der Waals surface area contributed by atoms with Crippen molar-refractivity contribution in [3.63, 3.8) is 0 Å². The molecule has 1 unspecified atom stereocenters. The van der Waals surface area contributed by atoms with Crippen molar-refractivity contribution in [1.29, 1.82) is 0 Å². The van der Waals surface area contributed by atoms with Crippen molar-refractivity contribution < 1.29 is 19.7 Å². The highest BCUT2D eigenvalue weighted by Gasteiger charge is 2.25. The second-order valence-electron chi connectivity index (χ2n) is 4.71. The predicted molar refractivity (Wildman–Crippen MR) is 70.3 cm³/mol. The van der Waals surface area contributed by atoms with Gasteiger partial charge in [0.2, 0.25) is 0 Å². The van der Waals surface area contributed by atoms with Crippen LogP contribution < -0.4 is 0 Å². The number of rotatable bonds is 3. The standard InChI is InChI=1S/C14H19NO4/c1-2-19-13-4-3-5-15(9-13)14(18)10-6-11(16)8-12(17)7-10/h6-8,13,16-17H,2-5,9H2,1H3. The highest BCUT2D eigenvalue weighted by atomic mass is 16.5. The molecule has 1 aromatic rings. The Kier molecular flexibility index (Phi) is 4.27. The maximum Gasteiger partial charge on any atom is 0.254 e. The molecule has 0 aromatic heterocycles. The van der Waals surface area contributed by atoms with E-state index in [1.165, 1.54) is 18.2 Å². The third-order valence-electron chi connectivity index (χ3n) is 3.22. The van der Waals surface area contributed by atoms with Crippen LogP contribution in [0, 0.1) is 0 Å². The van der Waals surface area contributed by atoms with Crippen LogP contribution in [0.25, 0.3) is 0 Å². The van der Waals surface area contributed by atoms with Crippen LogP contribution in [-0.4, -0.2) is 46.8 Å². The van der Waals surface area contributed by atoms with Crippen molar-refractivity contribution in [1.82, 2.24) is 4.90 Å². The monoisotopic (exact) mass is 265 g/mol. The molecule has 1 aliphatic heterocycles. The van der Waals surface area contributed by atoms with Crippen LogP contribution in [0.1, 0.15) is 30.1 Å². The van der Waals surface area contributed by atoms with Gasteiger partial charge in [-0.05, 0) is 31.9 Å². The first-order valence-corrected chi connectivity index (χ1v) is 6.54. The number of likely N-dealkylation sites (tertiary alicyclic amines) is 1. The molecule has 1 fully saturated rings. The summed E-state index contributed by atoms with van der Waals surface area (Å²) >= 11 is 0. The second-order valence-corrected chi connectivity index (χ2v) is 4.71. The lowest BCUT2D eigenvalue weighted by Crippen LogP contribution is -2.43. The number of amides is 1. The van der Waals surface area contributed by atoms with Crippen molar-refractivity contribution in [3.05, 3.63) is 23.8 Å². The molecule has 0 spiro atoms. The van der Waals surface area contributed by atoms with Crippen LogP contribution in [0.5, 0.6) is 11.5 Å². The fourth-order valence-electron chi connectivity index (χ4n) is 2.40. The number of hydrogen-bond acceptors (Lipinski definition) is 4. The molecule has 19 heavy (non-hydrogen) atoms. The van der Waals surface area contributed by atoms with Gasteiger partial charge in [0.1, 0.15) is 11.5 Å². The molecule has 1 heterocycles. The van der Waals surface area contributed by atoms with Gasteiger partial charge in [-0.1, -0.05) is 0 Å². The average molecular weight is 265 g/mol. The molecular weight excluding hydrogens is 246 g/mol. The summed E-state index contributed by atoms with van der Waals surface area (Å²) in [6, 6.07) is 3.94. The molecule has 0 saturated carbocycles. The summed E-state index contributed by atoms with van der Waals surface area (Å²) in [4.78, 5) is 14.0. The van der Waals surface area contributed by atoms with E-state index in [1.807, 2.05) is 6.92 Å². The van der Waals surface area contributed by atoms with Gasteiger partial charge in [-0.25, -0.2) is 0 Å². The number of phenolic OH excluding ortho intramolecular Hbond substituents is 2. The third-order valence-corrected chi connectivity index (χ3v) is 3.22.